The van der Waals surface area contributed by atoms with Gasteiger partial charge in [0.15, 0.2) is 5.96 Å². The van der Waals surface area contributed by atoms with Crippen molar-refractivity contribution in [1.82, 2.24) is 10.6 Å². The number of halogens is 1. The molecular weight excluding hydrogens is 401 g/mol. The lowest BCUT2D eigenvalue weighted by molar-refractivity contribution is 0.0888. The monoisotopic (exact) mass is 431 g/mol. The zero-order chi connectivity index (χ0) is 14.5. The molecule has 0 radical (unpaired) electrons. The van der Waals surface area contributed by atoms with E-state index in [1.165, 1.54) is 5.75 Å². The third kappa shape index (κ3) is 11.5. The van der Waals surface area contributed by atoms with E-state index in [0.717, 1.165) is 64.7 Å². The molecule has 0 bridgehead atoms. The Bertz CT molecular complexity index is 265. The molecule has 2 N–H and O–H groups in total. The number of guanidine groups is 1. The topological polar surface area (TPSA) is 54.9 Å². The lowest BCUT2D eigenvalue weighted by Crippen LogP contribution is -2.38. The maximum absolute atomic E-state index is 5.66. The van der Waals surface area contributed by atoms with Crippen LogP contribution in [-0.2, 0) is 9.47 Å². The largest absolute Gasteiger partial charge is 0.381 e. The van der Waals surface area contributed by atoms with Gasteiger partial charge in [-0.25, -0.2) is 0 Å². The quantitative estimate of drug-likeness (QED) is 0.240. The second kappa shape index (κ2) is 15.2. The van der Waals surface area contributed by atoms with Crippen molar-refractivity contribution < 1.29 is 9.47 Å². The lowest BCUT2D eigenvalue weighted by Gasteiger charge is -2.12. The molecule has 1 heterocycles. The predicted octanol–water partition coefficient (Wildman–Crippen LogP) is 1.97. The fourth-order valence-electron chi connectivity index (χ4n) is 1.99. The average molecular weight is 431 g/mol. The van der Waals surface area contributed by atoms with E-state index in [1.54, 1.807) is 7.05 Å². The van der Waals surface area contributed by atoms with Gasteiger partial charge in [-0.05, 0) is 31.3 Å². The maximum atomic E-state index is 5.66. The summed E-state index contributed by atoms with van der Waals surface area (Å²) in [6.45, 7) is 5.26. The predicted molar refractivity (Wildman–Crippen MR) is 102 cm³/mol. The highest BCUT2D eigenvalue weighted by atomic mass is 127. The number of ether oxygens (including phenoxy) is 2. The molecule has 1 fully saturated rings. The van der Waals surface area contributed by atoms with Crippen LogP contribution in [0.15, 0.2) is 4.99 Å². The van der Waals surface area contributed by atoms with E-state index in [9.17, 15) is 0 Å². The zero-order valence-corrected chi connectivity index (χ0v) is 16.4. The number of nitrogens with one attached hydrogen (secondary N) is 2. The summed E-state index contributed by atoms with van der Waals surface area (Å²) in [5, 5.41) is 6.61. The molecule has 0 spiro atoms. The third-order valence-electron chi connectivity index (χ3n) is 3.18. The smallest absolute Gasteiger partial charge is 0.190 e. The Morgan fingerprint density at radius 2 is 2.10 bits per heavy atom. The Hall–Kier alpha value is 0.270. The van der Waals surface area contributed by atoms with Gasteiger partial charge in [0.1, 0.15) is 0 Å². The van der Waals surface area contributed by atoms with Crippen molar-refractivity contribution >= 4 is 41.7 Å². The summed E-state index contributed by atoms with van der Waals surface area (Å²) in [6.07, 6.45) is 5.43. The second-order valence-electron chi connectivity index (χ2n) is 4.93. The molecule has 0 aromatic rings. The van der Waals surface area contributed by atoms with Crippen LogP contribution in [0.5, 0.6) is 0 Å². The number of hydrogen-bond donors (Lipinski definition) is 2. The van der Waals surface area contributed by atoms with E-state index in [-0.39, 0.29) is 24.0 Å². The van der Waals surface area contributed by atoms with Crippen molar-refractivity contribution in [3.63, 3.8) is 0 Å². The molecule has 1 aliphatic rings. The van der Waals surface area contributed by atoms with Crippen LogP contribution in [0, 0.1) is 5.92 Å². The molecule has 1 saturated heterocycles. The van der Waals surface area contributed by atoms with E-state index in [4.69, 9.17) is 9.47 Å². The molecule has 21 heavy (non-hydrogen) atoms. The van der Waals surface area contributed by atoms with Crippen LogP contribution in [0.3, 0.4) is 0 Å². The van der Waals surface area contributed by atoms with Gasteiger partial charge < -0.3 is 20.1 Å². The molecule has 0 aromatic carbocycles. The summed E-state index contributed by atoms with van der Waals surface area (Å²) >= 11 is 1.87. The van der Waals surface area contributed by atoms with E-state index < -0.39 is 0 Å². The van der Waals surface area contributed by atoms with Gasteiger partial charge in [0.25, 0.3) is 0 Å². The van der Waals surface area contributed by atoms with E-state index in [2.05, 4.69) is 21.9 Å². The second-order valence-corrected chi connectivity index (χ2v) is 5.92. The van der Waals surface area contributed by atoms with Gasteiger partial charge in [0.05, 0.1) is 13.2 Å². The van der Waals surface area contributed by atoms with E-state index >= 15 is 0 Å². The van der Waals surface area contributed by atoms with E-state index in [0.29, 0.717) is 5.92 Å². The van der Waals surface area contributed by atoms with Crippen LogP contribution in [0.4, 0.5) is 0 Å². The average Bonchev–Trinajstić information content (AvgIpc) is 2.98. The summed E-state index contributed by atoms with van der Waals surface area (Å²) in [5.41, 5.74) is 0. The minimum absolute atomic E-state index is 0. The Balaban J connectivity index is 0.00000400. The van der Waals surface area contributed by atoms with Crippen molar-refractivity contribution in [3.05, 3.63) is 0 Å². The van der Waals surface area contributed by atoms with Crippen LogP contribution in [-0.4, -0.2) is 64.5 Å². The SMILES string of the molecule is CN=C(NCCCOCC1CCOC1)NCCCSC.I. The molecule has 0 saturated carbocycles. The highest BCUT2D eigenvalue weighted by molar-refractivity contribution is 14.0. The number of aliphatic imine (C=N–C) groups is 1. The van der Waals surface area contributed by atoms with Crippen molar-refractivity contribution in [3.8, 4) is 0 Å². The van der Waals surface area contributed by atoms with Gasteiger partial charge in [-0.3, -0.25) is 4.99 Å². The first-order chi connectivity index (χ1) is 9.86. The number of thioether (sulfide) groups is 1. The van der Waals surface area contributed by atoms with Crippen molar-refractivity contribution in [2.75, 3.05) is 58.6 Å². The van der Waals surface area contributed by atoms with Gasteiger partial charge >= 0.3 is 0 Å². The number of rotatable bonds is 10. The molecule has 1 rings (SSSR count). The molecule has 0 amide bonds. The Kier molecular flexibility index (Phi) is 15.4. The lowest BCUT2D eigenvalue weighted by atomic mass is 10.1. The first-order valence-electron chi connectivity index (χ1n) is 7.45. The Morgan fingerprint density at radius 1 is 1.33 bits per heavy atom. The maximum Gasteiger partial charge on any atom is 0.190 e. The molecule has 1 aliphatic heterocycles. The molecule has 5 nitrogen and oxygen atoms in total. The standard InChI is InChI=1S/C14H29N3O2S.HI/c1-15-14(17-7-4-10-20-2)16-6-3-8-18-11-13-5-9-19-12-13;/h13H,3-12H2,1-2H3,(H2,15,16,17);1H. The van der Waals surface area contributed by atoms with E-state index in [1.807, 2.05) is 11.8 Å². The molecule has 1 atom stereocenters. The van der Waals surface area contributed by atoms with Gasteiger partial charge in [-0.15, -0.1) is 24.0 Å². The van der Waals surface area contributed by atoms with Gasteiger partial charge in [0, 0.05) is 39.3 Å². The molecule has 7 heteroatoms. The Labute approximate surface area is 150 Å². The number of hydrogen-bond acceptors (Lipinski definition) is 4. The molecule has 1 unspecified atom stereocenters. The van der Waals surface area contributed by atoms with Gasteiger partial charge in [0.2, 0.25) is 0 Å². The van der Waals surface area contributed by atoms with Crippen LogP contribution in [0.1, 0.15) is 19.3 Å². The molecule has 0 aliphatic carbocycles. The zero-order valence-electron chi connectivity index (χ0n) is 13.2. The normalized spacial score (nSPS) is 18.4. The summed E-state index contributed by atoms with van der Waals surface area (Å²) in [7, 11) is 1.81. The fourth-order valence-corrected chi connectivity index (χ4v) is 2.42. The third-order valence-corrected chi connectivity index (χ3v) is 3.87. The molecular formula is C14H30IN3O2S. The van der Waals surface area contributed by atoms with Crippen LogP contribution >= 0.6 is 35.7 Å². The van der Waals surface area contributed by atoms with Crippen molar-refractivity contribution in [1.29, 1.82) is 0 Å². The highest BCUT2D eigenvalue weighted by Gasteiger charge is 2.15. The molecule has 0 aromatic heterocycles. The van der Waals surface area contributed by atoms with Gasteiger partial charge in [-0.2, -0.15) is 11.8 Å². The summed E-state index contributed by atoms with van der Waals surface area (Å²) in [4.78, 5) is 4.20. The van der Waals surface area contributed by atoms with Crippen molar-refractivity contribution in [2.45, 2.75) is 19.3 Å². The van der Waals surface area contributed by atoms with Crippen LogP contribution < -0.4 is 10.6 Å². The number of nitrogens with zero attached hydrogens (tertiary/aromatic N) is 1. The van der Waals surface area contributed by atoms with Crippen LogP contribution in [0.25, 0.3) is 0 Å². The minimum atomic E-state index is 0. The fraction of sp³-hybridized carbons (Fsp3) is 0.929. The molecule has 126 valence electrons. The first-order valence-corrected chi connectivity index (χ1v) is 8.85. The minimum Gasteiger partial charge on any atom is -0.381 e. The highest BCUT2D eigenvalue weighted by Crippen LogP contribution is 2.12. The summed E-state index contributed by atoms with van der Waals surface area (Å²) < 4.78 is 11.0. The summed E-state index contributed by atoms with van der Waals surface area (Å²) in [6, 6.07) is 0. The first kappa shape index (κ1) is 21.3. The summed E-state index contributed by atoms with van der Waals surface area (Å²) in [5.74, 6) is 2.67. The van der Waals surface area contributed by atoms with Crippen LogP contribution in [0.2, 0.25) is 0 Å². The van der Waals surface area contributed by atoms with Crippen molar-refractivity contribution in [2.24, 2.45) is 10.9 Å². The Morgan fingerprint density at radius 3 is 2.71 bits per heavy atom. The van der Waals surface area contributed by atoms with Gasteiger partial charge in [-0.1, -0.05) is 0 Å².